The van der Waals surface area contributed by atoms with E-state index in [0.29, 0.717) is 18.7 Å². The zero-order valence-corrected chi connectivity index (χ0v) is 14.4. The van der Waals surface area contributed by atoms with Crippen LogP contribution in [0.2, 0.25) is 0 Å². The van der Waals surface area contributed by atoms with Gasteiger partial charge in [0, 0.05) is 24.2 Å². The van der Waals surface area contributed by atoms with E-state index in [1.807, 2.05) is 13.8 Å². The number of urea groups is 1. The minimum Gasteiger partial charge on any atom is -0.333 e. The Kier molecular flexibility index (Phi) is 4.64. The number of rotatable bonds is 5. The second kappa shape index (κ2) is 6.62. The molecular formula is C17H19F3N4O2. The molecule has 1 aliphatic rings. The van der Waals surface area contributed by atoms with Gasteiger partial charge in [-0.1, -0.05) is 29.4 Å². The Bertz CT molecular complexity index is 782. The molecule has 3 rings (SSSR count). The molecule has 1 aromatic heterocycles. The summed E-state index contributed by atoms with van der Waals surface area (Å²) in [6.07, 6.45) is -2.70. The largest absolute Gasteiger partial charge is 0.471 e. The van der Waals surface area contributed by atoms with Crippen LogP contribution < -0.4 is 5.32 Å². The molecule has 2 amide bonds. The van der Waals surface area contributed by atoms with Gasteiger partial charge in [0.2, 0.25) is 5.82 Å². The fraction of sp³-hybridized carbons (Fsp3) is 0.471. The van der Waals surface area contributed by atoms with Crippen LogP contribution in [0.15, 0.2) is 28.8 Å². The smallest absolute Gasteiger partial charge is 0.333 e. The van der Waals surface area contributed by atoms with E-state index in [-0.39, 0.29) is 17.4 Å². The van der Waals surface area contributed by atoms with Crippen LogP contribution in [0.5, 0.6) is 0 Å². The van der Waals surface area contributed by atoms with Crippen molar-refractivity contribution in [2.75, 3.05) is 6.54 Å². The fourth-order valence-corrected chi connectivity index (χ4v) is 2.41. The van der Waals surface area contributed by atoms with E-state index in [9.17, 15) is 18.0 Å². The molecule has 0 spiro atoms. The topological polar surface area (TPSA) is 71.3 Å². The molecule has 26 heavy (non-hydrogen) atoms. The number of hydrogen-bond acceptors (Lipinski definition) is 4. The maximum atomic E-state index is 12.5. The van der Waals surface area contributed by atoms with Crippen molar-refractivity contribution in [3.8, 4) is 11.4 Å². The predicted octanol–water partition coefficient (Wildman–Crippen LogP) is 3.84. The molecule has 0 saturated heterocycles. The zero-order chi connectivity index (χ0) is 18.9. The summed E-state index contributed by atoms with van der Waals surface area (Å²) in [5.41, 5.74) is 1.17. The first-order valence-corrected chi connectivity index (χ1v) is 8.27. The van der Waals surface area contributed by atoms with Crippen LogP contribution in [-0.2, 0) is 12.7 Å². The van der Waals surface area contributed by atoms with E-state index in [4.69, 9.17) is 0 Å². The Morgan fingerprint density at radius 2 is 1.96 bits per heavy atom. The van der Waals surface area contributed by atoms with E-state index in [1.54, 1.807) is 29.2 Å². The summed E-state index contributed by atoms with van der Waals surface area (Å²) in [6, 6.07) is 6.55. The molecule has 1 aromatic carbocycles. The summed E-state index contributed by atoms with van der Waals surface area (Å²) in [5, 5.41) is 6.36. The highest BCUT2D eigenvalue weighted by Gasteiger charge is 2.40. The molecule has 9 heteroatoms. The number of carbonyl (C=O) groups excluding carboxylic acids is 1. The van der Waals surface area contributed by atoms with Gasteiger partial charge < -0.3 is 14.7 Å². The average molecular weight is 368 g/mol. The molecule has 2 aromatic rings. The highest BCUT2D eigenvalue weighted by Crippen LogP contribution is 2.34. The first-order valence-electron chi connectivity index (χ1n) is 8.27. The van der Waals surface area contributed by atoms with Crippen molar-refractivity contribution < 1.29 is 22.5 Å². The standard InChI is InChI=1S/C17H19F3N4O2/c1-3-24(15(25)22-16(2)8-9-16)10-11-4-6-12(7-5-11)13-21-14(26-23-13)17(18,19)20/h4-7H,3,8-10H2,1-2H3,(H,22,25). The molecular weight excluding hydrogens is 349 g/mol. The second-order valence-electron chi connectivity index (χ2n) is 6.62. The summed E-state index contributed by atoms with van der Waals surface area (Å²) >= 11 is 0. The first-order chi connectivity index (χ1) is 12.2. The fourth-order valence-electron chi connectivity index (χ4n) is 2.41. The van der Waals surface area contributed by atoms with Gasteiger partial charge in [-0.2, -0.15) is 18.2 Å². The van der Waals surface area contributed by atoms with Gasteiger partial charge >= 0.3 is 18.1 Å². The Morgan fingerprint density at radius 1 is 1.31 bits per heavy atom. The Labute approximate surface area is 148 Å². The molecule has 0 aliphatic heterocycles. The van der Waals surface area contributed by atoms with Crippen LogP contribution in [0.4, 0.5) is 18.0 Å². The lowest BCUT2D eigenvalue weighted by atomic mass is 10.1. The third-order valence-corrected chi connectivity index (χ3v) is 4.33. The van der Waals surface area contributed by atoms with E-state index < -0.39 is 12.1 Å². The third-order valence-electron chi connectivity index (χ3n) is 4.33. The van der Waals surface area contributed by atoms with E-state index >= 15 is 0 Å². The van der Waals surface area contributed by atoms with Gasteiger partial charge in [-0.3, -0.25) is 0 Å². The quantitative estimate of drug-likeness (QED) is 0.870. The van der Waals surface area contributed by atoms with Gasteiger partial charge in [-0.25, -0.2) is 4.79 Å². The summed E-state index contributed by atoms with van der Waals surface area (Å²) in [6.45, 7) is 4.84. The number of benzene rings is 1. The summed E-state index contributed by atoms with van der Waals surface area (Å²) in [4.78, 5) is 17.3. The van der Waals surface area contributed by atoms with Gasteiger partial charge in [-0.05, 0) is 32.3 Å². The average Bonchev–Trinajstić information content (AvgIpc) is 3.11. The Hall–Kier alpha value is -2.58. The van der Waals surface area contributed by atoms with Crippen molar-refractivity contribution in [1.82, 2.24) is 20.4 Å². The molecule has 1 fully saturated rings. The van der Waals surface area contributed by atoms with Crippen molar-refractivity contribution in [3.05, 3.63) is 35.7 Å². The maximum Gasteiger partial charge on any atom is 0.471 e. The minimum atomic E-state index is -4.67. The molecule has 1 N–H and O–H groups in total. The molecule has 0 atom stereocenters. The molecule has 140 valence electrons. The van der Waals surface area contributed by atoms with Gasteiger partial charge in [-0.15, -0.1) is 0 Å². The van der Waals surface area contributed by atoms with E-state index in [2.05, 4.69) is 20.0 Å². The van der Waals surface area contributed by atoms with E-state index in [1.165, 1.54) is 0 Å². The highest BCUT2D eigenvalue weighted by molar-refractivity contribution is 5.75. The number of alkyl halides is 3. The molecule has 0 unspecified atom stereocenters. The van der Waals surface area contributed by atoms with Crippen molar-refractivity contribution in [1.29, 1.82) is 0 Å². The van der Waals surface area contributed by atoms with Gasteiger partial charge in [0.1, 0.15) is 0 Å². The summed E-state index contributed by atoms with van der Waals surface area (Å²) in [7, 11) is 0. The Morgan fingerprint density at radius 3 is 2.46 bits per heavy atom. The highest BCUT2D eigenvalue weighted by atomic mass is 19.4. The monoisotopic (exact) mass is 368 g/mol. The lowest BCUT2D eigenvalue weighted by Gasteiger charge is -2.24. The number of amides is 2. The minimum absolute atomic E-state index is 0.0941. The number of nitrogens with zero attached hydrogens (tertiary/aromatic N) is 3. The summed E-state index contributed by atoms with van der Waals surface area (Å²) < 4.78 is 41.8. The number of nitrogens with one attached hydrogen (secondary N) is 1. The molecule has 0 bridgehead atoms. The molecule has 1 heterocycles. The van der Waals surface area contributed by atoms with Gasteiger partial charge in [0.05, 0.1) is 0 Å². The zero-order valence-electron chi connectivity index (χ0n) is 14.4. The van der Waals surface area contributed by atoms with Crippen molar-refractivity contribution >= 4 is 6.03 Å². The third kappa shape index (κ3) is 4.14. The first kappa shape index (κ1) is 18.2. The van der Waals surface area contributed by atoms with Gasteiger partial charge in [0.15, 0.2) is 0 Å². The lowest BCUT2D eigenvalue weighted by Crippen LogP contribution is -2.44. The summed E-state index contributed by atoms with van der Waals surface area (Å²) in [5.74, 6) is -1.50. The molecule has 6 nitrogen and oxygen atoms in total. The van der Waals surface area contributed by atoms with Crippen molar-refractivity contribution in [3.63, 3.8) is 0 Å². The molecule has 1 aliphatic carbocycles. The predicted molar refractivity (Wildman–Crippen MR) is 87.0 cm³/mol. The number of halogens is 3. The van der Waals surface area contributed by atoms with Crippen LogP contribution in [0, 0.1) is 0 Å². The van der Waals surface area contributed by atoms with Crippen LogP contribution in [0.25, 0.3) is 11.4 Å². The molecule has 1 saturated carbocycles. The van der Waals surface area contributed by atoms with Crippen molar-refractivity contribution in [2.24, 2.45) is 0 Å². The maximum absolute atomic E-state index is 12.5. The van der Waals surface area contributed by atoms with Crippen LogP contribution in [0.1, 0.15) is 38.1 Å². The van der Waals surface area contributed by atoms with Crippen LogP contribution >= 0.6 is 0 Å². The SMILES string of the molecule is CCN(Cc1ccc(-c2noc(C(F)(F)F)n2)cc1)C(=O)NC1(C)CC1. The molecule has 0 radical (unpaired) electrons. The number of aromatic nitrogens is 2. The van der Waals surface area contributed by atoms with E-state index in [0.717, 1.165) is 18.4 Å². The van der Waals surface area contributed by atoms with Crippen LogP contribution in [0.3, 0.4) is 0 Å². The normalized spacial score (nSPS) is 15.6. The number of hydrogen-bond donors (Lipinski definition) is 1. The van der Waals surface area contributed by atoms with Crippen molar-refractivity contribution in [2.45, 2.75) is 44.9 Å². The van der Waals surface area contributed by atoms with Crippen LogP contribution in [-0.4, -0.2) is 33.2 Å². The Balaban J connectivity index is 1.66. The second-order valence-corrected chi connectivity index (χ2v) is 6.62. The number of carbonyl (C=O) groups is 1. The van der Waals surface area contributed by atoms with Gasteiger partial charge in [0.25, 0.3) is 0 Å². The lowest BCUT2D eigenvalue weighted by molar-refractivity contribution is -0.159.